The number of ketones is 1. The van der Waals surface area contributed by atoms with Crippen molar-refractivity contribution in [3.63, 3.8) is 0 Å². The Kier molecular flexibility index (Phi) is 6.06. The second-order valence-corrected chi connectivity index (χ2v) is 8.42. The molecule has 1 aliphatic rings. The van der Waals surface area contributed by atoms with Crippen LogP contribution in [0.4, 0.5) is 5.13 Å². The van der Waals surface area contributed by atoms with E-state index >= 15 is 0 Å². The molecule has 0 radical (unpaired) electrons. The number of aliphatic hydroxyl groups excluding tert-OH is 1. The summed E-state index contributed by atoms with van der Waals surface area (Å²) in [5.41, 5.74) is 2.33. The number of pyridine rings is 1. The van der Waals surface area contributed by atoms with Crippen LogP contribution in [-0.4, -0.2) is 39.3 Å². The van der Waals surface area contributed by atoms with Gasteiger partial charge in [-0.1, -0.05) is 41.2 Å². The number of carbonyl (C=O) groups is 3. The summed E-state index contributed by atoms with van der Waals surface area (Å²) in [5, 5.41) is 11.2. The third-order valence-corrected chi connectivity index (χ3v) is 6.38. The average Bonchev–Trinajstić information content (AvgIpc) is 3.32. The lowest BCUT2D eigenvalue weighted by molar-refractivity contribution is -0.132. The Balaban J connectivity index is 1.90. The van der Waals surface area contributed by atoms with Gasteiger partial charge in [0.05, 0.1) is 23.9 Å². The number of aryl methyl sites for hydroxylation is 2. The van der Waals surface area contributed by atoms with Crippen LogP contribution in [-0.2, 0) is 14.3 Å². The predicted octanol–water partition coefficient (Wildman–Crippen LogP) is 3.96. The van der Waals surface area contributed by atoms with E-state index in [0.29, 0.717) is 16.8 Å². The largest absolute Gasteiger partial charge is 0.507 e. The van der Waals surface area contributed by atoms with E-state index < -0.39 is 23.7 Å². The number of esters is 1. The van der Waals surface area contributed by atoms with E-state index in [9.17, 15) is 19.5 Å². The number of hydrogen-bond acceptors (Lipinski definition) is 8. The highest BCUT2D eigenvalue weighted by Crippen LogP contribution is 2.43. The minimum absolute atomic E-state index is 0.0550. The smallest absolute Gasteiger partial charge is 0.350 e. The van der Waals surface area contributed by atoms with Gasteiger partial charge in [-0.2, -0.15) is 0 Å². The van der Waals surface area contributed by atoms with Crippen molar-refractivity contribution in [2.45, 2.75) is 26.8 Å². The zero-order valence-electron chi connectivity index (χ0n) is 18.2. The number of rotatable bonds is 5. The van der Waals surface area contributed by atoms with Gasteiger partial charge in [-0.25, -0.2) is 9.78 Å². The number of aromatic nitrogens is 2. The first-order valence-electron chi connectivity index (χ1n) is 10.3. The van der Waals surface area contributed by atoms with Crippen LogP contribution < -0.4 is 4.90 Å². The molecule has 168 valence electrons. The summed E-state index contributed by atoms with van der Waals surface area (Å²) in [4.78, 5) is 48.5. The minimum Gasteiger partial charge on any atom is -0.507 e. The fourth-order valence-electron chi connectivity index (χ4n) is 3.63. The maximum absolute atomic E-state index is 13.2. The highest BCUT2D eigenvalue weighted by molar-refractivity contribution is 7.17. The third-order valence-electron chi connectivity index (χ3n) is 5.24. The number of amides is 1. The van der Waals surface area contributed by atoms with Gasteiger partial charge in [-0.3, -0.25) is 19.5 Å². The molecule has 1 atom stereocenters. The molecule has 4 rings (SSSR count). The molecule has 3 heterocycles. The molecule has 0 spiro atoms. The number of nitrogens with zero attached hydrogens (tertiary/aromatic N) is 3. The van der Waals surface area contributed by atoms with Crippen molar-refractivity contribution >= 4 is 39.9 Å². The number of hydrogen-bond donors (Lipinski definition) is 1. The number of ether oxygens (including phenoxy) is 1. The molecule has 1 N–H and O–H groups in total. The molecular formula is C24H21N3O5S. The van der Waals surface area contributed by atoms with Gasteiger partial charge in [0.2, 0.25) is 0 Å². The summed E-state index contributed by atoms with van der Waals surface area (Å²) in [6.45, 7) is 5.46. The molecule has 1 aromatic carbocycles. The quantitative estimate of drug-likeness (QED) is 0.264. The molecule has 1 aliphatic heterocycles. The molecule has 0 saturated carbocycles. The monoisotopic (exact) mass is 463 g/mol. The molecule has 9 heteroatoms. The van der Waals surface area contributed by atoms with Gasteiger partial charge in [0.25, 0.3) is 5.78 Å². The summed E-state index contributed by atoms with van der Waals surface area (Å²) >= 11 is 0.975. The van der Waals surface area contributed by atoms with Gasteiger partial charge < -0.3 is 9.84 Å². The molecule has 2 aromatic heterocycles. The van der Waals surface area contributed by atoms with Crippen LogP contribution in [0, 0.1) is 13.8 Å². The standard InChI is InChI=1S/C24H21N3O5S/c1-4-32-23(31)21-14(3)26-24(33-21)27-18(15-7-5-13(2)6-8-15)17(20(29)22(27)30)19(28)16-9-11-25-12-10-16/h5-12,18,28H,4H2,1-3H3. The van der Waals surface area contributed by atoms with Crippen molar-refractivity contribution in [3.8, 4) is 0 Å². The van der Waals surface area contributed by atoms with Crippen molar-refractivity contribution < 1.29 is 24.2 Å². The van der Waals surface area contributed by atoms with E-state index in [4.69, 9.17) is 4.74 Å². The Morgan fingerprint density at radius 1 is 1.12 bits per heavy atom. The Morgan fingerprint density at radius 2 is 1.79 bits per heavy atom. The zero-order chi connectivity index (χ0) is 23.7. The molecule has 0 bridgehead atoms. The van der Waals surface area contributed by atoms with Crippen molar-refractivity contribution in [3.05, 3.63) is 81.6 Å². The minimum atomic E-state index is -0.917. The van der Waals surface area contributed by atoms with Crippen molar-refractivity contribution in [2.24, 2.45) is 0 Å². The van der Waals surface area contributed by atoms with Crippen LogP contribution in [0.15, 0.2) is 54.4 Å². The lowest BCUT2D eigenvalue weighted by Gasteiger charge is -2.23. The number of anilines is 1. The van der Waals surface area contributed by atoms with Crippen LogP contribution in [0.25, 0.3) is 5.76 Å². The van der Waals surface area contributed by atoms with Gasteiger partial charge in [0.1, 0.15) is 10.6 Å². The summed E-state index contributed by atoms with van der Waals surface area (Å²) in [5.74, 6) is -2.51. The molecule has 1 saturated heterocycles. The van der Waals surface area contributed by atoms with E-state index in [1.54, 1.807) is 38.1 Å². The molecule has 0 aliphatic carbocycles. The summed E-state index contributed by atoms with van der Waals surface area (Å²) in [7, 11) is 0. The SMILES string of the molecule is CCOC(=O)c1sc(N2C(=O)C(=O)C(=C(O)c3ccncc3)C2c2ccc(C)cc2)nc1C. The number of carbonyl (C=O) groups excluding carboxylic acids is 3. The van der Waals surface area contributed by atoms with Gasteiger partial charge in [-0.05, 0) is 38.5 Å². The molecule has 1 unspecified atom stereocenters. The van der Waals surface area contributed by atoms with Crippen LogP contribution in [0.3, 0.4) is 0 Å². The topological polar surface area (TPSA) is 110 Å². The second kappa shape index (κ2) is 8.95. The van der Waals surface area contributed by atoms with Crippen LogP contribution in [0.2, 0.25) is 0 Å². The van der Waals surface area contributed by atoms with E-state index in [1.165, 1.54) is 17.3 Å². The Hall–Kier alpha value is -3.85. The fraction of sp³-hybridized carbons (Fsp3) is 0.208. The number of aliphatic hydroxyl groups is 1. The molecule has 8 nitrogen and oxygen atoms in total. The van der Waals surface area contributed by atoms with Crippen molar-refractivity contribution in [1.82, 2.24) is 9.97 Å². The lowest BCUT2D eigenvalue weighted by atomic mass is 9.95. The fourth-order valence-corrected chi connectivity index (χ4v) is 4.62. The summed E-state index contributed by atoms with van der Waals surface area (Å²) < 4.78 is 5.08. The van der Waals surface area contributed by atoms with Gasteiger partial charge in [-0.15, -0.1) is 0 Å². The Morgan fingerprint density at radius 3 is 2.42 bits per heavy atom. The van der Waals surface area contributed by atoms with Gasteiger partial charge >= 0.3 is 11.9 Å². The average molecular weight is 464 g/mol. The first kappa shape index (κ1) is 22.3. The van der Waals surface area contributed by atoms with E-state index in [0.717, 1.165) is 16.9 Å². The Bertz CT molecular complexity index is 1270. The van der Waals surface area contributed by atoms with E-state index in [1.807, 2.05) is 19.1 Å². The van der Waals surface area contributed by atoms with Crippen LogP contribution in [0.5, 0.6) is 0 Å². The Labute approximate surface area is 194 Å². The van der Waals surface area contributed by atoms with Crippen LogP contribution in [0.1, 0.15) is 45.0 Å². The van der Waals surface area contributed by atoms with Gasteiger partial charge in [0, 0.05) is 18.0 Å². The molecule has 1 fully saturated rings. The van der Waals surface area contributed by atoms with Crippen molar-refractivity contribution in [1.29, 1.82) is 0 Å². The highest BCUT2D eigenvalue weighted by atomic mass is 32.1. The highest BCUT2D eigenvalue weighted by Gasteiger charge is 2.48. The van der Waals surface area contributed by atoms with Crippen molar-refractivity contribution in [2.75, 3.05) is 11.5 Å². The second-order valence-electron chi connectivity index (χ2n) is 7.45. The number of thiazole rings is 1. The predicted molar refractivity (Wildman–Crippen MR) is 123 cm³/mol. The maximum atomic E-state index is 13.2. The van der Waals surface area contributed by atoms with Crippen LogP contribution >= 0.6 is 11.3 Å². The normalized spacial score (nSPS) is 17.4. The molecule has 33 heavy (non-hydrogen) atoms. The number of benzene rings is 1. The maximum Gasteiger partial charge on any atom is 0.350 e. The summed E-state index contributed by atoms with van der Waals surface area (Å²) in [6, 6.07) is 9.51. The molecule has 1 amide bonds. The van der Waals surface area contributed by atoms with Gasteiger partial charge in [0.15, 0.2) is 5.13 Å². The first-order chi connectivity index (χ1) is 15.8. The summed E-state index contributed by atoms with van der Waals surface area (Å²) in [6.07, 6.45) is 2.98. The third kappa shape index (κ3) is 4.03. The molecular weight excluding hydrogens is 442 g/mol. The van der Waals surface area contributed by atoms with E-state index in [-0.39, 0.29) is 27.9 Å². The number of Topliss-reactive ketones (excluding diaryl/α,β-unsaturated/α-hetero) is 1. The van der Waals surface area contributed by atoms with E-state index in [2.05, 4.69) is 9.97 Å². The zero-order valence-corrected chi connectivity index (χ0v) is 19.0. The lowest BCUT2D eigenvalue weighted by Crippen LogP contribution is -2.29. The molecule has 3 aromatic rings. The first-order valence-corrected chi connectivity index (χ1v) is 11.1.